The Morgan fingerprint density at radius 2 is 2.00 bits per heavy atom. The van der Waals surface area contributed by atoms with E-state index in [2.05, 4.69) is 0 Å². The highest BCUT2D eigenvalue weighted by atomic mass is 16.4. The first kappa shape index (κ1) is 16.6. The van der Waals surface area contributed by atoms with E-state index in [4.69, 9.17) is 5.11 Å². The second kappa shape index (κ2) is 6.35. The van der Waals surface area contributed by atoms with Gasteiger partial charge in [0, 0.05) is 18.6 Å². The van der Waals surface area contributed by atoms with Gasteiger partial charge in [0.2, 0.25) is 11.8 Å². The number of likely N-dealkylation sites (tertiary alicyclic amines) is 1. The van der Waals surface area contributed by atoms with Crippen LogP contribution in [0.1, 0.15) is 47.0 Å². The Hall–Kier alpha value is -1.43. The third-order valence-electron chi connectivity index (χ3n) is 3.47. The topological polar surface area (TPSA) is 77.9 Å². The van der Waals surface area contributed by atoms with Gasteiger partial charge in [0.25, 0.3) is 0 Å². The van der Waals surface area contributed by atoms with E-state index in [1.165, 1.54) is 4.90 Å². The van der Waals surface area contributed by atoms with Crippen LogP contribution in [0.4, 0.5) is 0 Å². The van der Waals surface area contributed by atoms with Crippen molar-refractivity contribution in [3.05, 3.63) is 0 Å². The zero-order chi connectivity index (χ0) is 15.5. The van der Waals surface area contributed by atoms with Crippen LogP contribution >= 0.6 is 0 Å². The molecule has 0 bridgehead atoms. The van der Waals surface area contributed by atoms with E-state index < -0.39 is 12.0 Å². The van der Waals surface area contributed by atoms with Gasteiger partial charge in [0.15, 0.2) is 0 Å². The minimum Gasteiger partial charge on any atom is -0.481 e. The summed E-state index contributed by atoms with van der Waals surface area (Å²) in [5, 5.41) is 8.84. The van der Waals surface area contributed by atoms with Crippen molar-refractivity contribution < 1.29 is 19.5 Å². The lowest BCUT2D eigenvalue weighted by Gasteiger charge is -2.38. The standard InChI is InChI=1S/C14H24N2O4/c1-5-7-15-11(17)9-10(13(15)20)16(14(2,3)4)8-6-12(18)19/h10H,5-9H2,1-4H3,(H,18,19). The summed E-state index contributed by atoms with van der Waals surface area (Å²) in [6, 6.07) is -0.534. The fourth-order valence-corrected chi connectivity index (χ4v) is 2.54. The van der Waals surface area contributed by atoms with Crippen molar-refractivity contribution in [3.63, 3.8) is 0 Å². The number of carbonyl (C=O) groups is 3. The highest BCUT2D eigenvalue weighted by molar-refractivity contribution is 6.05. The van der Waals surface area contributed by atoms with E-state index in [0.29, 0.717) is 6.54 Å². The van der Waals surface area contributed by atoms with Crippen molar-refractivity contribution >= 4 is 17.8 Å². The number of hydrogen-bond acceptors (Lipinski definition) is 4. The Morgan fingerprint density at radius 3 is 2.45 bits per heavy atom. The monoisotopic (exact) mass is 284 g/mol. The van der Waals surface area contributed by atoms with Crippen LogP contribution < -0.4 is 0 Å². The smallest absolute Gasteiger partial charge is 0.304 e. The second-order valence-corrected chi connectivity index (χ2v) is 6.11. The van der Waals surface area contributed by atoms with Gasteiger partial charge in [-0.15, -0.1) is 0 Å². The van der Waals surface area contributed by atoms with Crippen LogP contribution in [0, 0.1) is 0 Å². The number of aliphatic carboxylic acids is 1. The highest BCUT2D eigenvalue weighted by Crippen LogP contribution is 2.26. The molecule has 2 amide bonds. The minimum atomic E-state index is -0.901. The Labute approximate surface area is 119 Å². The molecule has 0 radical (unpaired) electrons. The van der Waals surface area contributed by atoms with Gasteiger partial charge in [-0.2, -0.15) is 0 Å². The molecule has 1 atom stereocenters. The van der Waals surface area contributed by atoms with Crippen molar-refractivity contribution in [3.8, 4) is 0 Å². The largest absolute Gasteiger partial charge is 0.481 e. The van der Waals surface area contributed by atoms with E-state index in [9.17, 15) is 14.4 Å². The lowest BCUT2D eigenvalue weighted by Crippen LogP contribution is -2.52. The third kappa shape index (κ3) is 3.79. The Balaban J connectivity index is 2.89. The molecule has 1 rings (SSSR count). The maximum absolute atomic E-state index is 12.4. The van der Waals surface area contributed by atoms with Gasteiger partial charge in [0.1, 0.15) is 0 Å². The van der Waals surface area contributed by atoms with E-state index in [1.54, 1.807) is 0 Å². The summed E-state index contributed by atoms with van der Waals surface area (Å²) in [6.45, 7) is 8.40. The molecule has 1 heterocycles. The fourth-order valence-electron chi connectivity index (χ4n) is 2.54. The first-order chi connectivity index (χ1) is 9.18. The molecule has 6 nitrogen and oxygen atoms in total. The zero-order valence-corrected chi connectivity index (χ0v) is 12.7. The highest BCUT2D eigenvalue weighted by Gasteiger charge is 2.44. The lowest BCUT2D eigenvalue weighted by molar-refractivity contribution is -0.142. The molecule has 20 heavy (non-hydrogen) atoms. The van der Waals surface area contributed by atoms with E-state index >= 15 is 0 Å². The molecule has 0 aliphatic carbocycles. The molecule has 1 aliphatic heterocycles. The number of imide groups is 1. The number of carboxylic acid groups (broad SMARTS) is 1. The molecule has 1 saturated heterocycles. The summed E-state index contributed by atoms with van der Waals surface area (Å²) in [4.78, 5) is 38.2. The predicted molar refractivity (Wildman–Crippen MR) is 74.1 cm³/mol. The summed E-state index contributed by atoms with van der Waals surface area (Å²) >= 11 is 0. The van der Waals surface area contributed by atoms with Gasteiger partial charge >= 0.3 is 5.97 Å². The van der Waals surface area contributed by atoms with Gasteiger partial charge < -0.3 is 5.11 Å². The molecular weight excluding hydrogens is 260 g/mol. The van der Waals surface area contributed by atoms with E-state index in [0.717, 1.165) is 6.42 Å². The number of carboxylic acids is 1. The van der Waals surface area contributed by atoms with Gasteiger partial charge in [-0.05, 0) is 27.2 Å². The van der Waals surface area contributed by atoms with Crippen LogP contribution in [-0.2, 0) is 14.4 Å². The van der Waals surface area contributed by atoms with Gasteiger partial charge in [-0.3, -0.25) is 24.2 Å². The summed E-state index contributed by atoms with van der Waals surface area (Å²) in [5.41, 5.74) is -0.363. The third-order valence-corrected chi connectivity index (χ3v) is 3.47. The molecule has 0 aromatic heterocycles. The SMILES string of the molecule is CCCN1C(=O)CC(N(CCC(=O)O)C(C)(C)C)C1=O. The lowest BCUT2D eigenvalue weighted by atomic mass is 10.0. The molecule has 1 unspecified atom stereocenters. The normalized spacial score (nSPS) is 20.1. The van der Waals surface area contributed by atoms with Gasteiger partial charge in [0.05, 0.1) is 18.9 Å². The number of rotatable bonds is 6. The van der Waals surface area contributed by atoms with Crippen LogP contribution in [-0.4, -0.2) is 57.4 Å². The van der Waals surface area contributed by atoms with Crippen molar-refractivity contribution in [2.75, 3.05) is 13.1 Å². The molecule has 1 fully saturated rings. The van der Waals surface area contributed by atoms with Crippen molar-refractivity contribution in [2.45, 2.75) is 58.5 Å². The molecule has 0 aromatic rings. The van der Waals surface area contributed by atoms with Crippen LogP contribution in [0.2, 0.25) is 0 Å². The quantitative estimate of drug-likeness (QED) is 0.739. The summed E-state index contributed by atoms with van der Waals surface area (Å²) < 4.78 is 0. The van der Waals surface area contributed by atoms with Crippen molar-refractivity contribution in [1.29, 1.82) is 0 Å². The zero-order valence-electron chi connectivity index (χ0n) is 12.7. The Morgan fingerprint density at radius 1 is 1.40 bits per heavy atom. The number of hydrogen-bond donors (Lipinski definition) is 1. The number of amides is 2. The molecule has 0 aromatic carbocycles. The minimum absolute atomic E-state index is 0.0387. The van der Waals surface area contributed by atoms with Gasteiger partial charge in [-0.1, -0.05) is 6.92 Å². The Bertz CT molecular complexity index is 400. The number of nitrogens with zero attached hydrogens (tertiary/aromatic N) is 2. The second-order valence-electron chi connectivity index (χ2n) is 6.11. The average molecular weight is 284 g/mol. The molecule has 0 saturated carbocycles. The van der Waals surface area contributed by atoms with Crippen LogP contribution in [0.15, 0.2) is 0 Å². The molecule has 1 N–H and O–H groups in total. The predicted octanol–water partition coefficient (Wildman–Crippen LogP) is 1.10. The summed E-state index contributed by atoms with van der Waals surface area (Å²) in [7, 11) is 0. The summed E-state index contributed by atoms with van der Waals surface area (Å²) in [6.07, 6.45) is 0.841. The van der Waals surface area contributed by atoms with Crippen LogP contribution in [0.5, 0.6) is 0 Å². The molecular formula is C14H24N2O4. The molecule has 0 spiro atoms. The fraction of sp³-hybridized carbons (Fsp3) is 0.786. The van der Waals surface area contributed by atoms with Crippen LogP contribution in [0.3, 0.4) is 0 Å². The van der Waals surface area contributed by atoms with E-state index in [-0.39, 0.29) is 36.7 Å². The van der Waals surface area contributed by atoms with Crippen LogP contribution in [0.25, 0.3) is 0 Å². The molecule has 6 heteroatoms. The first-order valence-corrected chi connectivity index (χ1v) is 7.01. The number of carbonyl (C=O) groups excluding carboxylic acids is 2. The van der Waals surface area contributed by atoms with E-state index in [1.807, 2.05) is 32.6 Å². The maximum Gasteiger partial charge on any atom is 0.304 e. The average Bonchev–Trinajstić information content (AvgIpc) is 2.56. The Kier molecular flexibility index (Phi) is 5.28. The molecule has 1 aliphatic rings. The van der Waals surface area contributed by atoms with Crippen molar-refractivity contribution in [1.82, 2.24) is 9.80 Å². The first-order valence-electron chi connectivity index (χ1n) is 7.01. The molecule has 114 valence electrons. The maximum atomic E-state index is 12.4. The summed E-state index contributed by atoms with van der Waals surface area (Å²) in [5.74, 6) is -1.26. The van der Waals surface area contributed by atoms with Gasteiger partial charge in [-0.25, -0.2) is 0 Å². The van der Waals surface area contributed by atoms with Crippen molar-refractivity contribution in [2.24, 2.45) is 0 Å².